The number of hydrogen-bond donors (Lipinski definition) is 2. The number of benzene rings is 1. The standard InChI is InChI=1S/C12H17FN2O2/c1-8-4-5-10(6-11(8)13)14-12(17)15(3)9(2)7-16/h4-6,9,16H,7H2,1-3H3,(H,14,17). The van der Waals surface area contributed by atoms with Crippen LogP contribution < -0.4 is 5.32 Å². The zero-order valence-corrected chi connectivity index (χ0v) is 10.2. The molecule has 0 aliphatic rings. The van der Waals surface area contributed by atoms with Gasteiger partial charge in [0.2, 0.25) is 0 Å². The lowest BCUT2D eigenvalue weighted by Gasteiger charge is -2.23. The number of anilines is 1. The van der Waals surface area contributed by atoms with Crippen molar-refractivity contribution in [3.05, 3.63) is 29.6 Å². The number of rotatable bonds is 3. The minimum absolute atomic E-state index is 0.119. The van der Waals surface area contributed by atoms with E-state index in [9.17, 15) is 9.18 Å². The average molecular weight is 240 g/mol. The van der Waals surface area contributed by atoms with Gasteiger partial charge in [-0.3, -0.25) is 0 Å². The second kappa shape index (κ2) is 5.63. The van der Waals surface area contributed by atoms with Gasteiger partial charge in [0, 0.05) is 12.7 Å². The van der Waals surface area contributed by atoms with E-state index in [2.05, 4.69) is 5.32 Å². The van der Waals surface area contributed by atoms with E-state index in [0.29, 0.717) is 11.3 Å². The number of nitrogens with zero attached hydrogens (tertiary/aromatic N) is 1. The first kappa shape index (κ1) is 13.4. The lowest BCUT2D eigenvalue weighted by molar-refractivity contribution is 0.166. The summed E-state index contributed by atoms with van der Waals surface area (Å²) in [5.74, 6) is -0.361. The zero-order valence-electron chi connectivity index (χ0n) is 10.2. The summed E-state index contributed by atoms with van der Waals surface area (Å²) in [6.07, 6.45) is 0. The van der Waals surface area contributed by atoms with Gasteiger partial charge in [0.1, 0.15) is 5.82 Å². The van der Waals surface area contributed by atoms with Crippen molar-refractivity contribution in [2.45, 2.75) is 19.9 Å². The van der Waals surface area contributed by atoms with E-state index in [-0.39, 0.29) is 24.5 Å². The molecule has 94 valence electrons. The molecular formula is C12H17FN2O2. The van der Waals surface area contributed by atoms with E-state index < -0.39 is 0 Å². The number of likely N-dealkylation sites (N-methyl/N-ethyl adjacent to an activating group) is 1. The van der Waals surface area contributed by atoms with E-state index in [4.69, 9.17) is 5.11 Å². The van der Waals surface area contributed by atoms with E-state index >= 15 is 0 Å². The molecule has 0 aromatic heterocycles. The molecule has 0 aliphatic heterocycles. The summed E-state index contributed by atoms with van der Waals surface area (Å²) in [5.41, 5.74) is 0.926. The fourth-order valence-electron chi connectivity index (χ4n) is 1.20. The molecule has 2 amide bonds. The van der Waals surface area contributed by atoms with E-state index in [0.717, 1.165) is 0 Å². The number of halogens is 1. The molecule has 1 atom stereocenters. The Hall–Kier alpha value is -1.62. The highest BCUT2D eigenvalue weighted by atomic mass is 19.1. The molecule has 2 N–H and O–H groups in total. The quantitative estimate of drug-likeness (QED) is 0.848. The molecule has 0 saturated carbocycles. The summed E-state index contributed by atoms with van der Waals surface area (Å²) in [7, 11) is 1.57. The van der Waals surface area contributed by atoms with Crippen LogP contribution >= 0.6 is 0 Å². The molecule has 0 saturated heterocycles. The Kier molecular flexibility index (Phi) is 4.45. The number of hydrogen-bond acceptors (Lipinski definition) is 2. The van der Waals surface area contributed by atoms with Crippen molar-refractivity contribution in [1.29, 1.82) is 0 Å². The van der Waals surface area contributed by atoms with Gasteiger partial charge >= 0.3 is 6.03 Å². The van der Waals surface area contributed by atoms with Crippen LogP contribution in [0.5, 0.6) is 0 Å². The highest BCUT2D eigenvalue weighted by Crippen LogP contribution is 2.14. The number of aryl methyl sites for hydroxylation is 1. The summed E-state index contributed by atoms with van der Waals surface area (Å²) in [4.78, 5) is 13.0. The Morgan fingerprint density at radius 2 is 2.24 bits per heavy atom. The lowest BCUT2D eigenvalue weighted by atomic mass is 10.2. The maximum atomic E-state index is 13.3. The van der Waals surface area contributed by atoms with Gasteiger partial charge in [-0.2, -0.15) is 0 Å². The van der Waals surface area contributed by atoms with E-state index in [1.54, 1.807) is 33.0 Å². The number of amides is 2. The van der Waals surface area contributed by atoms with Gasteiger partial charge in [0.25, 0.3) is 0 Å². The zero-order chi connectivity index (χ0) is 13.0. The Labute approximate surface area is 100 Å². The largest absolute Gasteiger partial charge is 0.394 e. The van der Waals surface area contributed by atoms with Crippen LogP contribution in [0, 0.1) is 12.7 Å². The van der Waals surface area contributed by atoms with Crippen molar-refractivity contribution in [3.8, 4) is 0 Å². The summed E-state index contributed by atoms with van der Waals surface area (Å²) < 4.78 is 13.3. The molecule has 1 unspecified atom stereocenters. The van der Waals surface area contributed by atoms with Crippen LogP contribution in [-0.2, 0) is 0 Å². The van der Waals surface area contributed by atoms with Crippen LogP contribution in [0.4, 0.5) is 14.9 Å². The number of aliphatic hydroxyl groups is 1. The Balaban J connectivity index is 2.71. The highest BCUT2D eigenvalue weighted by molar-refractivity contribution is 5.89. The van der Waals surface area contributed by atoms with Crippen LogP contribution in [-0.4, -0.2) is 35.7 Å². The van der Waals surface area contributed by atoms with Gasteiger partial charge in [-0.15, -0.1) is 0 Å². The first-order chi connectivity index (χ1) is 7.95. The Morgan fingerprint density at radius 3 is 2.76 bits per heavy atom. The molecule has 1 aromatic carbocycles. The van der Waals surface area contributed by atoms with Crippen LogP contribution in [0.25, 0.3) is 0 Å². The molecule has 5 heteroatoms. The second-order valence-corrected chi connectivity index (χ2v) is 4.04. The highest BCUT2D eigenvalue weighted by Gasteiger charge is 2.14. The van der Waals surface area contributed by atoms with Crippen molar-refractivity contribution in [1.82, 2.24) is 4.90 Å². The van der Waals surface area contributed by atoms with Crippen molar-refractivity contribution in [2.75, 3.05) is 19.0 Å². The van der Waals surface area contributed by atoms with Crippen molar-refractivity contribution >= 4 is 11.7 Å². The van der Waals surface area contributed by atoms with Crippen LogP contribution in [0.15, 0.2) is 18.2 Å². The first-order valence-electron chi connectivity index (χ1n) is 5.36. The molecular weight excluding hydrogens is 223 g/mol. The number of nitrogens with one attached hydrogen (secondary N) is 1. The van der Waals surface area contributed by atoms with Crippen LogP contribution in [0.3, 0.4) is 0 Å². The summed E-state index contributed by atoms with van der Waals surface area (Å²) in [5, 5.41) is 11.5. The van der Waals surface area contributed by atoms with Gasteiger partial charge in [0.05, 0.1) is 12.6 Å². The van der Waals surface area contributed by atoms with Crippen molar-refractivity contribution in [3.63, 3.8) is 0 Å². The third-order valence-corrected chi connectivity index (χ3v) is 2.67. The maximum Gasteiger partial charge on any atom is 0.321 e. The molecule has 0 heterocycles. The second-order valence-electron chi connectivity index (χ2n) is 4.04. The first-order valence-corrected chi connectivity index (χ1v) is 5.36. The van der Waals surface area contributed by atoms with Gasteiger partial charge in [0.15, 0.2) is 0 Å². The van der Waals surface area contributed by atoms with E-state index in [1.165, 1.54) is 11.0 Å². The lowest BCUT2D eigenvalue weighted by Crippen LogP contribution is -2.40. The molecule has 4 nitrogen and oxygen atoms in total. The van der Waals surface area contributed by atoms with Crippen molar-refractivity contribution < 1.29 is 14.3 Å². The Morgan fingerprint density at radius 1 is 1.59 bits per heavy atom. The van der Waals surface area contributed by atoms with Gasteiger partial charge in [-0.25, -0.2) is 9.18 Å². The molecule has 0 aliphatic carbocycles. The number of aliphatic hydroxyl groups excluding tert-OH is 1. The summed E-state index contributed by atoms with van der Waals surface area (Å²) in [6, 6.07) is 3.83. The minimum atomic E-state index is -0.380. The minimum Gasteiger partial charge on any atom is -0.394 e. The number of carbonyl (C=O) groups is 1. The van der Waals surface area contributed by atoms with Gasteiger partial charge in [-0.1, -0.05) is 6.07 Å². The fourth-order valence-corrected chi connectivity index (χ4v) is 1.20. The van der Waals surface area contributed by atoms with Crippen molar-refractivity contribution in [2.24, 2.45) is 0 Å². The number of carbonyl (C=O) groups excluding carboxylic acids is 1. The summed E-state index contributed by atoms with van der Waals surface area (Å²) >= 11 is 0. The molecule has 1 aromatic rings. The molecule has 0 fully saturated rings. The predicted molar refractivity (Wildman–Crippen MR) is 64.5 cm³/mol. The molecule has 0 radical (unpaired) electrons. The smallest absolute Gasteiger partial charge is 0.321 e. The topological polar surface area (TPSA) is 52.6 Å². The molecule has 17 heavy (non-hydrogen) atoms. The number of urea groups is 1. The monoisotopic (exact) mass is 240 g/mol. The third kappa shape index (κ3) is 3.42. The maximum absolute atomic E-state index is 13.3. The molecule has 1 rings (SSSR count). The fraction of sp³-hybridized carbons (Fsp3) is 0.417. The molecule has 0 spiro atoms. The third-order valence-electron chi connectivity index (χ3n) is 2.67. The normalized spacial score (nSPS) is 12.1. The summed E-state index contributed by atoms with van der Waals surface area (Å²) in [6.45, 7) is 3.25. The Bertz CT molecular complexity index is 409. The van der Waals surface area contributed by atoms with Crippen LogP contribution in [0.1, 0.15) is 12.5 Å². The SMILES string of the molecule is Cc1ccc(NC(=O)N(C)C(C)CO)cc1F. The molecule has 0 bridgehead atoms. The van der Waals surface area contributed by atoms with Gasteiger partial charge < -0.3 is 15.3 Å². The average Bonchev–Trinajstić information content (AvgIpc) is 2.31. The van der Waals surface area contributed by atoms with Gasteiger partial charge in [-0.05, 0) is 31.5 Å². The van der Waals surface area contributed by atoms with E-state index in [1.807, 2.05) is 0 Å². The van der Waals surface area contributed by atoms with Crippen LogP contribution in [0.2, 0.25) is 0 Å². The predicted octanol–water partition coefficient (Wildman–Crippen LogP) is 1.98.